The van der Waals surface area contributed by atoms with Crippen molar-refractivity contribution in [1.29, 1.82) is 0 Å². The second-order valence-electron chi connectivity index (χ2n) is 3.95. The van der Waals surface area contributed by atoms with E-state index in [0.29, 0.717) is 31.8 Å². The molecule has 1 N–H and O–H groups in total. The maximum absolute atomic E-state index is 11.7. The van der Waals surface area contributed by atoms with E-state index in [0.717, 1.165) is 6.42 Å². The van der Waals surface area contributed by atoms with Crippen molar-refractivity contribution in [1.82, 2.24) is 15.2 Å². The predicted octanol–water partition coefficient (Wildman–Crippen LogP) is 0.654. The number of aromatic nitrogens is 1. The van der Waals surface area contributed by atoms with E-state index < -0.39 is 0 Å². The average Bonchev–Trinajstić information content (AvgIpc) is 2.42. The van der Waals surface area contributed by atoms with Gasteiger partial charge >= 0.3 is 6.09 Å². The second kappa shape index (κ2) is 6.00. The number of carbonyl (C=O) groups is 2. The predicted molar refractivity (Wildman–Crippen MR) is 64.1 cm³/mol. The number of carbonyl (C=O) groups excluding carboxylic acids is 2. The van der Waals surface area contributed by atoms with Gasteiger partial charge in [-0.3, -0.25) is 9.78 Å². The molecule has 0 radical (unpaired) electrons. The van der Waals surface area contributed by atoms with E-state index in [9.17, 15) is 9.59 Å². The molecule has 1 aliphatic rings. The van der Waals surface area contributed by atoms with Gasteiger partial charge in [-0.2, -0.15) is 0 Å². The number of cyclic esters (lactones) is 1. The number of pyridine rings is 1. The summed E-state index contributed by atoms with van der Waals surface area (Å²) in [6.45, 7) is 2.05. The van der Waals surface area contributed by atoms with Gasteiger partial charge < -0.3 is 15.0 Å². The number of ether oxygens (including phenoxy) is 1. The zero-order chi connectivity index (χ0) is 12.8. The van der Waals surface area contributed by atoms with Crippen molar-refractivity contribution in [3.8, 4) is 0 Å². The molecule has 1 aromatic rings. The molecule has 2 heterocycles. The van der Waals surface area contributed by atoms with Gasteiger partial charge in [0.25, 0.3) is 5.91 Å². The van der Waals surface area contributed by atoms with Crippen LogP contribution in [0, 0.1) is 0 Å². The van der Waals surface area contributed by atoms with E-state index in [-0.39, 0.29) is 12.0 Å². The molecule has 0 bridgehead atoms. The lowest BCUT2D eigenvalue weighted by Gasteiger charge is -2.26. The van der Waals surface area contributed by atoms with Crippen LogP contribution in [-0.2, 0) is 4.74 Å². The van der Waals surface area contributed by atoms with Crippen molar-refractivity contribution in [2.45, 2.75) is 6.42 Å². The van der Waals surface area contributed by atoms with Gasteiger partial charge in [-0.05, 0) is 18.6 Å². The lowest BCUT2D eigenvalue weighted by Crippen LogP contribution is -2.42. The van der Waals surface area contributed by atoms with Gasteiger partial charge in [-0.15, -0.1) is 0 Å². The third-order valence-corrected chi connectivity index (χ3v) is 2.67. The molecule has 0 aliphatic carbocycles. The van der Waals surface area contributed by atoms with Gasteiger partial charge in [0.1, 0.15) is 0 Å². The van der Waals surface area contributed by atoms with E-state index in [1.165, 1.54) is 0 Å². The monoisotopic (exact) mass is 249 g/mol. The SMILES string of the molecule is O=C(NCCN1CCCOC1=O)c1ccncc1. The van der Waals surface area contributed by atoms with Crippen LogP contribution >= 0.6 is 0 Å². The number of nitrogens with one attached hydrogen (secondary N) is 1. The van der Waals surface area contributed by atoms with Crippen molar-refractivity contribution in [2.24, 2.45) is 0 Å². The Kier molecular flexibility index (Phi) is 4.11. The Morgan fingerprint density at radius 3 is 2.94 bits per heavy atom. The fraction of sp³-hybridized carbons (Fsp3) is 0.417. The van der Waals surface area contributed by atoms with Crippen LogP contribution in [0.5, 0.6) is 0 Å². The topological polar surface area (TPSA) is 71.5 Å². The second-order valence-corrected chi connectivity index (χ2v) is 3.95. The van der Waals surface area contributed by atoms with Gasteiger partial charge in [0.05, 0.1) is 6.61 Å². The first-order chi connectivity index (χ1) is 8.77. The minimum absolute atomic E-state index is 0.164. The minimum atomic E-state index is -0.306. The third-order valence-electron chi connectivity index (χ3n) is 2.67. The van der Waals surface area contributed by atoms with Crippen LogP contribution in [0.1, 0.15) is 16.8 Å². The molecule has 2 rings (SSSR count). The van der Waals surface area contributed by atoms with E-state index in [1.807, 2.05) is 0 Å². The summed E-state index contributed by atoms with van der Waals surface area (Å²) in [6, 6.07) is 3.29. The van der Waals surface area contributed by atoms with Gasteiger partial charge in [0.15, 0.2) is 0 Å². The molecule has 1 aromatic heterocycles. The van der Waals surface area contributed by atoms with Crippen molar-refractivity contribution in [3.05, 3.63) is 30.1 Å². The Morgan fingerprint density at radius 2 is 2.22 bits per heavy atom. The van der Waals surface area contributed by atoms with Crippen LogP contribution in [-0.4, -0.2) is 48.1 Å². The Hall–Kier alpha value is -2.11. The Morgan fingerprint density at radius 1 is 1.44 bits per heavy atom. The lowest BCUT2D eigenvalue weighted by atomic mass is 10.2. The van der Waals surface area contributed by atoms with Crippen LogP contribution < -0.4 is 5.32 Å². The standard InChI is InChI=1S/C12H15N3O3/c16-11(10-2-4-13-5-3-10)14-6-8-15-7-1-9-18-12(15)17/h2-5H,1,6-9H2,(H,14,16). The third kappa shape index (κ3) is 3.19. The largest absolute Gasteiger partial charge is 0.449 e. The molecule has 0 unspecified atom stereocenters. The first kappa shape index (κ1) is 12.3. The van der Waals surface area contributed by atoms with Crippen LogP contribution in [0.3, 0.4) is 0 Å². The van der Waals surface area contributed by atoms with E-state index in [2.05, 4.69) is 10.3 Å². The number of hydrogen-bond acceptors (Lipinski definition) is 4. The lowest BCUT2D eigenvalue weighted by molar-refractivity contribution is 0.0719. The summed E-state index contributed by atoms with van der Waals surface area (Å²) >= 11 is 0. The van der Waals surface area contributed by atoms with Crippen molar-refractivity contribution in [3.63, 3.8) is 0 Å². The molecule has 96 valence electrons. The molecule has 1 fully saturated rings. The highest BCUT2D eigenvalue weighted by molar-refractivity contribution is 5.93. The van der Waals surface area contributed by atoms with Gasteiger partial charge in [-0.25, -0.2) is 4.79 Å². The van der Waals surface area contributed by atoms with Crippen LogP contribution in [0.25, 0.3) is 0 Å². The summed E-state index contributed by atoms with van der Waals surface area (Å²) in [5.74, 6) is -0.164. The average molecular weight is 249 g/mol. The van der Waals surface area contributed by atoms with Crippen molar-refractivity contribution in [2.75, 3.05) is 26.2 Å². The first-order valence-electron chi connectivity index (χ1n) is 5.87. The summed E-state index contributed by atoms with van der Waals surface area (Å²) in [4.78, 5) is 28.5. The molecule has 0 spiro atoms. The smallest absolute Gasteiger partial charge is 0.409 e. The van der Waals surface area contributed by atoms with E-state index in [4.69, 9.17) is 4.74 Å². The van der Waals surface area contributed by atoms with Crippen LogP contribution in [0.15, 0.2) is 24.5 Å². The fourth-order valence-electron chi connectivity index (χ4n) is 1.71. The Labute approximate surface area is 105 Å². The summed E-state index contributed by atoms with van der Waals surface area (Å²) < 4.78 is 4.90. The molecular weight excluding hydrogens is 234 g/mol. The van der Waals surface area contributed by atoms with Crippen molar-refractivity contribution < 1.29 is 14.3 Å². The Balaban J connectivity index is 1.75. The number of rotatable bonds is 4. The molecule has 1 aliphatic heterocycles. The van der Waals surface area contributed by atoms with E-state index >= 15 is 0 Å². The number of nitrogens with zero attached hydrogens (tertiary/aromatic N) is 2. The molecule has 1 saturated heterocycles. The highest BCUT2D eigenvalue weighted by atomic mass is 16.6. The highest BCUT2D eigenvalue weighted by Crippen LogP contribution is 2.03. The normalized spacial score (nSPS) is 15.1. The molecule has 18 heavy (non-hydrogen) atoms. The maximum atomic E-state index is 11.7. The zero-order valence-corrected chi connectivity index (χ0v) is 9.96. The molecule has 0 atom stereocenters. The highest BCUT2D eigenvalue weighted by Gasteiger charge is 2.18. The van der Waals surface area contributed by atoms with Crippen LogP contribution in [0.2, 0.25) is 0 Å². The molecule has 6 nitrogen and oxygen atoms in total. The van der Waals surface area contributed by atoms with Gasteiger partial charge in [0, 0.05) is 37.6 Å². The minimum Gasteiger partial charge on any atom is -0.449 e. The van der Waals surface area contributed by atoms with Crippen LogP contribution in [0.4, 0.5) is 4.79 Å². The van der Waals surface area contributed by atoms with Gasteiger partial charge in [0.2, 0.25) is 0 Å². The molecule has 0 saturated carbocycles. The van der Waals surface area contributed by atoms with Gasteiger partial charge in [-0.1, -0.05) is 0 Å². The molecule has 6 heteroatoms. The van der Waals surface area contributed by atoms with E-state index in [1.54, 1.807) is 29.4 Å². The fourth-order valence-corrected chi connectivity index (χ4v) is 1.71. The maximum Gasteiger partial charge on any atom is 0.409 e. The van der Waals surface area contributed by atoms with Crippen molar-refractivity contribution >= 4 is 12.0 Å². The molecular formula is C12H15N3O3. The summed E-state index contributed by atoms with van der Waals surface area (Å²) in [5.41, 5.74) is 0.561. The zero-order valence-electron chi connectivity index (χ0n) is 9.96. The summed E-state index contributed by atoms with van der Waals surface area (Å²) in [6.07, 6.45) is 3.66. The molecule has 2 amide bonds. The number of amides is 2. The Bertz CT molecular complexity index is 422. The summed E-state index contributed by atoms with van der Waals surface area (Å²) in [7, 11) is 0. The quantitative estimate of drug-likeness (QED) is 0.850. The molecule has 0 aromatic carbocycles. The summed E-state index contributed by atoms with van der Waals surface area (Å²) in [5, 5.41) is 2.75. The number of hydrogen-bond donors (Lipinski definition) is 1. The first-order valence-corrected chi connectivity index (χ1v) is 5.87.